The Balaban J connectivity index is 2.11. The fourth-order valence-electron chi connectivity index (χ4n) is 2.09. The summed E-state index contributed by atoms with van der Waals surface area (Å²) < 4.78 is 5.18. The van der Waals surface area contributed by atoms with Gasteiger partial charge < -0.3 is 14.9 Å². The van der Waals surface area contributed by atoms with Gasteiger partial charge in [-0.1, -0.05) is 12.1 Å². The number of nitrogens with one attached hydrogen (secondary N) is 1. The van der Waals surface area contributed by atoms with Crippen molar-refractivity contribution in [2.75, 3.05) is 6.61 Å². The first-order valence-electron chi connectivity index (χ1n) is 6.15. The Kier molecular flexibility index (Phi) is 3.78. The van der Waals surface area contributed by atoms with Crippen molar-refractivity contribution < 1.29 is 14.4 Å². The second-order valence-corrected chi connectivity index (χ2v) is 4.40. The summed E-state index contributed by atoms with van der Waals surface area (Å²) in [4.78, 5) is 12.0. The van der Waals surface area contributed by atoms with Crippen molar-refractivity contribution in [1.29, 1.82) is 0 Å². The fourth-order valence-corrected chi connectivity index (χ4v) is 2.09. The number of carbonyl (C=O) groups is 1. The highest BCUT2D eigenvalue weighted by atomic mass is 16.5. The minimum absolute atomic E-state index is 0.0533. The zero-order valence-electron chi connectivity index (χ0n) is 10.0. The summed E-state index contributed by atoms with van der Waals surface area (Å²) in [6.45, 7) is 1.86. The second-order valence-electron chi connectivity index (χ2n) is 4.40. The van der Waals surface area contributed by atoms with Gasteiger partial charge >= 0.3 is 0 Å². The number of aliphatic hydroxyl groups is 1. The number of aryl methyl sites for hydroxylation is 1. The van der Waals surface area contributed by atoms with E-state index in [9.17, 15) is 4.79 Å². The van der Waals surface area contributed by atoms with E-state index in [-0.39, 0.29) is 18.6 Å². The molecule has 1 aliphatic rings. The highest BCUT2D eigenvalue weighted by Gasteiger charge is 2.24. The number of aromatic nitrogens is 1. The molecule has 0 bridgehead atoms. The van der Waals surface area contributed by atoms with Crippen LogP contribution < -0.4 is 5.32 Å². The third-order valence-corrected chi connectivity index (χ3v) is 3.21. The van der Waals surface area contributed by atoms with Crippen molar-refractivity contribution in [3.8, 4) is 0 Å². The molecule has 1 amide bonds. The molecule has 0 aliphatic heterocycles. The monoisotopic (exact) mass is 238 g/mol. The molecule has 5 heteroatoms. The maximum Gasteiger partial charge on any atom is 0.274 e. The standard InChI is InChI=1S/C12H18N2O3/c1-2-8(7-15)13-12(16)11-9-5-3-4-6-10(9)17-14-11/h8,15H,2-7H2,1H3,(H,13,16). The molecule has 0 spiro atoms. The number of nitrogens with zero attached hydrogens (tertiary/aromatic N) is 1. The summed E-state index contributed by atoms with van der Waals surface area (Å²) in [7, 11) is 0. The zero-order chi connectivity index (χ0) is 12.3. The molecule has 1 aromatic rings. The average molecular weight is 238 g/mol. The number of carbonyl (C=O) groups excluding carboxylic acids is 1. The fraction of sp³-hybridized carbons (Fsp3) is 0.667. The molecule has 5 nitrogen and oxygen atoms in total. The van der Waals surface area contributed by atoms with E-state index in [0.717, 1.165) is 37.0 Å². The lowest BCUT2D eigenvalue weighted by Crippen LogP contribution is -2.37. The first kappa shape index (κ1) is 12.1. The molecule has 1 aliphatic carbocycles. The average Bonchev–Trinajstić information content (AvgIpc) is 2.79. The van der Waals surface area contributed by atoms with Crippen molar-refractivity contribution >= 4 is 5.91 Å². The molecule has 94 valence electrons. The summed E-state index contributed by atoms with van der Waals surface area (Å²) in [5, 5.41) is 15.7. The van der Waals surface area contributed by atoms with Gasteiger partial charge in [0.1, 0.15) is 5.76 Å². The Labute approximate surface area is 100 Å². The first-order chi connectivity index (χ1) is 8.26. The topological polar surface area (TPSA) is 75.4 Å². The summed E-state index contributed by atoms with van der Waals surface area (Å²) in [6.07, 6.45) is 4.59. The lowest BCUT2D eigenvalue weighted by atomic mass is 9.96. The van der Waals surface area contributed by atoms with E-state index in [1.54, 1.807) is 0 Å². The molecule has 1 heterocycles. The quantitative estimate of drug-likeness (QED) is 0.822. The molecule has 0 saturated carbocycles. The van der Waals surface area contributed by atoms with Crippen LogP contribution in [0.3, 0.4) is 0 Å². The maximum absolute atomic E-state index is 12.0. The van der Waals surface area contributed by atoms with Gasteiger partial charge in [0.05, 0.1) is 12.6 Å². The number of hydrogen-bond acceptors (Lipinski definition) is 4. The van der Waals surface area contributed by atoms with Crippen molar-refractivity contribution in [3.05, 3.63) is 17.0 Å². The van der Waals surface area contributed by atoms with Gasteiger partial charge in [0.15, 0.2) is 5.69 Å². The molecular weight excluding hydrogens is 220 g/mol. The summed E-state index contributed by atoms with van der Waals surface area (Å²) in [6, 6.07) is -0.210. The van der Waals surface area contributed by atoms with Crippen LogP contribution in [0, 0.1) is 0 Å². The zero-order valence-corrected chi connectivity index (χ0v) is 10.0. The van der Waals surface area contributed by atoms with Crippen LogP contribution in [0.1, 0.15) is 48.0 Å². The summed E-state index contributed by atoms with van der Waals surface area (Å²) in [5.74, 6) is 0.608. The van der Waals surface area contributed by atoms with Gasteiger partial charge in [-0.15, -0.1) is 0 Å². The third-order valence-electron chi connectivity index (χ3n) is 3.21. The maximum atomic E-state index is 12.0. The lowest BCUT2D eigenvalue weighted by Gasteiger charge is -2.14. The van der Waals surface area contributed by atoms with E-state index in [2.05, 4.69) is 10.5 Å². The van der Waals surface area contributed by atoms with Gasteiger partial charge in [0, 0.05) is 12.0 Å². The van der Waals surface area contributed by atoms with Crippen LogP contribution in [-0.4, -0.2) is 28.8 Å². The normalized spacial score (nSPS) is 16.4. The van der Waals surface area contributed by atoms with Crippen LogP contribution in [0.2, 0.25) is 0 Å². The van der Waals surface area contributed by atoms with Crippen LogP contribution in [-0.2, 0) is 12.8 Å². The molecule has 2 N–H and O–H groups in total. The molecule has 17 heavy (non-hydrogen) atoms. The minimum atomic E-state index is -0.238. The lowest BCUT2D eigenvalue weighted by molar-refractivity contribution is 0.0905. The largest absolute Gasteiger partial charge is 0.394 e. The molecule has 0 radical (unpaired) electrons. The molecule has 0 fully saturated rings. The predicted octanol–water partition coefficient (Wildman–Crippen LogP) is 1.05. The van der Waals surface area contributed by atoms with E-state index in [1.165, 1.54) is 0 Å². The van der Waals surface area contributed by atoms with Crippen LogP contribution in [0.25, 0.3) is 0 Å². The van der Waals surface area contributed by atoms with Crippen LogP contribution in [0.4, 0.5) is 0 Å². The van der Waals surface area contributed by atoms with E-state index < -0.39 is 0 Å². The van der Waals surface area contributed by atoms with Gasteiger partial charge in [-0.05, 0) is 25.7 Å². The molecule has 1 unspecified atom stereocenters. The summed E-state index contributed by atoms with van der Waals surface area (Å²) >= 11 is 0. The minimum Gasteiger partial charge on any atom is -0.394 e. The molecule has 1 atom stereocenters. The molecule has 0 saturated heterocycles. The highest BCUT2D eigenvalue weighted by Crippen LogP contribution is 2.24. The van der Waals surface area contributed by atoms with E-state index >= 15 is 0 Å². The van der Waals surface area contributed by atoms with Gasteiger partial charge in [0.25, 0.3) is 5.91 Å². The Hall–Kier alpha value is -1.36. The van der Waals surface area contributed by atoms with Crippen molar-refractivity contribution in [3.63, 3.8) is 0 Å². The first-order valence-corrected chi connectivity index (χ1v) is 6.15. The van der Waals surface area contributed by atoms with Gasteiger partial charge in [-0.2, -0.15) is 0 Å². The second kappa shape index (κ2) is 5.31. The Morgan fingerprint density at radius 2 is 2.29 bits per heavy atom. The van der Waals surface area contributed by atoms with Gasteiger partial charge in [0.2, 0.25) is 0 Å². The SMILES string of the molecule is CCC(CO)NC(=O)c1noc2c1CCCC2. The van der Waals surface area contributed by atoms with Crippen molar-refractivity contribution in [1.82, 2.24) is 10.5 Å². The summed E-state index contributed by atoms with van der Waals surface area (Å²) in [5.41, 5.74) is 1.34. The third kappa shape index (κ3) is 2.49. The van der Waals surface area contributed by atoms with E-state index in [1.807, 2.05) is 6.92 Å². The van der Waals surface area contributed by atoms with Crippen LogP contribution in [0.15, 0.2) is 4.52 Å². The predicted molar refractivity (Wildman–Crippen MR) is 61.8 cm³/mol. The Morgan fingerprint density at radius 1 is 1.53 bits per heavy atom. The van der Waals surface area contributed by atoms with E-state index in [0.29, 0.717) is 12.1 Å². The van der Waals surface area contributed by atoms with Crippen LogP contribution in [0.5, 0.6) is 0 Å². The Morgan fingerprint density at radius 3 is 3.00 bits per heavy atom. The van der Waals surface area contributed by atoms with Crippen molar-refractivity contribution in [2.24, 2.45) is 0 Å². The van der Waals surface area contributed by atoms with Crippen LogP contribution >= 0.6 is 0 Å². The Bertz CT molecular complexity index is 396. The molecule has 1 aromatic heterocycles. The molecule has 0 aromatic carbocycles. The van der Waals surface area contributed by atoms with Gasteiger partial charge in [-0.3, -0.25) is 4.79 Å². The van der Waals surface area contributed by atoms with Crippen molar-refractivity contribution in [2.45, 2.75) is 45.1 Å². The highest BCUT2D eigenvalue weighted by molar-refractivity contribution is 5.94. The number of amides is 1. The molecular formula is C12H18N2O3. The number of fused-ring (bicyclic) bond motifs is 1. The number of rotatable bonds is 4. The smallest absolute Gasteiger partial charge is 0.274 e. The molecule has 2 rings (SSSR count). The number of hydrogen-bond donors (Lipinski definition) is 2. The van der Waals surface area contributed by atoms with E-state index in [4.69, 9.17) is 9.63 Å². The number of aliphatic hydroxyl groups excluding tert-OH is 1. The van der Waals surface area contributed by atoms with Gasteiger partial charge in [-0.25, -0.2) is 0 Å².